The zero-order valence-corrected chi connectivity index (χ0v) is 11.4. The van der Waals surface area contributed by atoms with E-state index in [0.717, 1.165) is 0 Å². The highest BCUT2D eigenvalue weighted by atomic mass is 79.9. The van der Waals surface area contributed by atoms with Gasteiger partial charge in [-0.1, -0.05) is 6.07 Å². The highest BCUT2D eigenvalue weighted by Gasteiger charge is 2.15. The lowest BCUT2D eigenvalue weighted by Gasteiger charge is -2.01. The van der Waals surface area contributed by atoms with E-state index in [4.69, 9.17) is 4.42 Å². The molecule has 0 saturated carbocycles. The first-order valence-corrected chi connectivity index (χ1v) is 6.27. The summed E-state index contributed by atoms with van der Waals surface area (Å²) in [5.41, 5.74) is 0.827. The van der Waals surface area contributed by atoms with Crippen molar-refractivity contribution in [2.45, 2.75) is 0 Å². The number of hydrogen-bond acceptors (Lipinski definition) is 5. The quantitative estimate of drug-likeness (QED) is 0.530. The van der Waals surface area contributed by atoms with Gasteiger partial charge in [0.05, 0.1) is 10.6 Å². The molecule has 0 bridgehead atoms. The average molecular weight is 336 g/mol. The third kappa shape index (κ3) is 1.99. The molecule has 0 fully saturated rings. The van der Waals surface area contributed by atoms with Crippen molar-refractivity contribution in [1.29, 1.82) is 0 Å². The molecule has 7 nitrogen and oxygen atoms in total. The van der Waals surface area contributed by atoms with Crippen LogP contribution in [0.5, 0.6) is 0 Å². The van der Waals surface area contributed by atoms with Crippen LogP contribution in [0.3, 0.4) is 0 Å². The Hall–Kier alpha value is -2.48. The van der Waals surface area contributed by atoms with Gasteiger partial charge in [0.2, 0.25) is 0 Å². The molecule has 3 rings (SSSR count). The first-order valence-electron chi connectivity index (χ1n) is 5.48. The van der Waals surface area contributed by atoms with E-state index in [1.807, 2.05) is 0 Å². The molecule has 3 aromatic rings. The molecule has 1 aromatic carbocycles. The second-order valence-electron chi connectivity index (χ2n) is 3.96. The van der Waals surface area contributed by atoms with Gasteiger partial charge >= 0.3 is 5.76 Å². The van der Waals surface area contributed by atoms with E-state index >= 15 is 0 Å². The van der Waals surface area contributed by atoms with E-state index in [2.05, 4.69) is 20.9 Å². The number of rotatable bonds is 2. The summed E-state index contributed by atoms with van der Waals surface area (Å²) in [7, 11) is 0. The largest absolute Gasteiger partial charge is 0.425 e. The Bertz CT molecular complexity index is 884. The van der Waals surface area contributed by atoms with Crippen molar-refractivity contribution in [2.75, 3.05) is 0 Å². The summed E-state index contributed by atoms with van der Waals surface area (Å²) in [6.45, 7) is 0. The van der Waals surface area contributed by atoms with E-state index in [9.17, 15) is 14.9 Å². The Balaban J connectivity index is 2.29. The Morgan fingerprint density at radius 3 is 2.90 bits per heavy atom. The molecular weight excluding hydrogens is 330 g/mol. The number of oxazole rings is 1. The number of fused-ring (bicyclic) bond motifs is 1. The van der Waals surface area contributed by atoms with Crippen LogP contribution >= 0.6 is 15.9 Å². The highest BCUT2D eigenvalue weighted by Crippen LogP contribution is 2.21. The van der Waals surface area contributed by atoms with Crippen LogP contribution in [0.2, 0.25) is 0 Å². The molecule has 0 N–H and O–H groups in total. The molecule has 0 amide bonds. The topological polar surface area (TPSA) is 91.2 Å². The summed E-state index contributed by atoms with van der Waals surface area (Å²) in [6, 6.07) is 7.32. The van der Waals surface area contributed by atoms with Crippen LogP contribution in [0.15, 0.2) is 50.2 Å². The molecule has 0 unspecified atom stereocenters. The number of nitro groups is 1. The SMILES string of the molecule is O=c1oc2cc(Br)cnc2n1-c1cccc([N+](=O)[O-])c1. The minimum atomic E-state index is -0.647. The van der Waals surface area contributed by atoms with Gasteiger partial charge in [0.25, 0.3) is 5.69 Å². The second kappa shape index (κ2) is 4.57. The van der Waals surface area contributed by atoms with E-state index in [1.165, 1.54) is 29.0 Å². The van der Waals surface area contributed by atoms with E-state index in [1.54, 1.807) is 12.1 Å². The molecule has 100 valence electrons. The van der Waals surface area contributed by atoms with Crippen LogP contribution in [-0.2, 0) is 0 Å². The highest BCUT2D eigenvalue weighted by molar-refractivity contribution is 9.10. The predicted octanol–water partition coefficient (Wildman–Crippen LogP) is 2.65. The third-order valence-corrected chi connectivity index (χ3v) is 3.12. The molecule has 20 heavy (non-hydrogen) atoms. The summed E-state index contributed by atoms with van der Waals surface area (Å²) in [6.07, 6.45) is 1.52. The standard InChI is InChI=1S/C12H6BrN3O4/c13-7-4-10-11(14-6-7)15(12(17)20-10)8-2-1-3-9(5-8)16(18)19/h1-6H. The van der Waals surface area contributed by atoms with Crippen molar-refractivity contribution < 1.29 is 9.34 Å². The third-order valence-electron chi connectivity index (χ3n) is 2.69. The van der Waals surface area contributed by atoms with Gasteiger partial charge in [-0.2, -0.15) is 0 Å². The zero-order valence-electron chi connectivity index (χ0n) is 9.82. The minimum absolute atomic E-state index is 0.110. The summed E-state index contributed by atoms with van der Waals surface area (Å²) in [5, 5.41) is 10.8. The maximum atomic E-state index is 11.9. The monoisotopic (exact) mass is 335 g/mol. The summed E-state index contributed by atoms with van der Waals surface area (Å²) in [4.78, 5) is 26.3. The molecule has 0 aliphatic carbocycles. The Labute approximate surface area is 119 Å². The van der Waals surface area contributed by atoms with Crippen LogP contribution in [0, 0.1) is 10.1 Å². The lowest BCUT2D eigenvalue weighted by atomic mass is 10.3. The number of pyridine rings is 1. The Morgan fingerprint density at radius 1 is 1.35 bits per heavy atom. The summed E-state index contributed by atoms with van der Waals surface area (Å²) in [5.74, 6) is -0.647. The number of nitro benzene ring substituents is 1. The van der Waals surface area contributed by atoms with Gasteiger partial charge in [0, 0.05) is 28.9 Å². The molecular formula is C12H6BrN3O4. The molecule has 2 heterocycles. The number of benzene rings is 1. The van der Waals surface area contributed by atoms with Crippen LogP contribution < -0.4 is 5.76 Å². The molecule has 0 spiro atoms. The Morgan fingerprint density at radius 2 is 2.15 bits per heavy atom. The van der Waals surface area contributed by atoms with Gasteiger partial charge in [0.1, 0.15) is 0 Å². The van der Waals surface area contributed by atoms with E-state index < -0.39 is 10.7 Å². The summed E-state index contributed by atoms with van der Waals surface area (Å²) >= 11 is 3.23. The van der Waals surface area contributed by atoms with E-state index in [0.29, 0.717) is 21.4 Å². The van der Waals surface area contributed by atoms with Gasteiger partial charge < -0.3 is 4.42 Å². The van der Waals surface area contributed by atoms with E-state index in [-0.39, 0.29) is 5.69 Å². The number of nitrogens with zero attached hydrogens (tertiary/aromatic N) is 3. The molecule has 0 aliphatic heterocycles. The fraction of sp³-hybridized carbons (Fsp3) is 0. The fourth-order valence-corrected chi connectivity index (χ4v) is 2.17. The minimum Gasteiger partial charge on any atom is -0.406 e. The van der Waals surface area contributed by atoms with Crippen LogP contribution in [0.1, 0.15) is 0 Å². The maximum absolute atomic E-state index is 11.9. The summed E-state index contributed by atoms with van der Waals surface area (Å²) < 4.78 is 6.94. The van der Waals surface area contributed by atoms with Crippen molar-refractivity contribution >= 4 is 32.8 Å². The number of non-ortho nitro benzene ring substituents is 1. The van der Waals surface area contributed by atoms with Crippen molar-refractivity contribution in [3.05, 3.63) is 61.7 Å². The van der Waals surface area contributed by atoms with Gasteiger partial charge in [0.15, 0.2) is 11.2 Å². The van der Waals surface area contributed by atoms with Crippen LogP contribution in [0.25, 0.3) is 16.9 Å². The normalized spacial score (nSPS) is 10.8. The molecule has 0 atom stereocenters. The number of aromatic nitrogens is 2. The lowest BCUT2D eigenvalue weighted by Crippen LogP contribution is -2.12. The molecule has 0 aliphatic rings. The predicted molar refractivity (Wildman–Crippen MR) is 74.0 cm³/mol. The first-order chi connectivity index (χ1) is 9.56. The maximum Gasteiger partial charge on any atom is 0.425 e. The van der Waals surface area contributed by atoms with Crippen LogP contribution in [0.4, 0.5) is 5.69 Å². The van der Waals surface area contributed by atoms with Crippen molar-refractivity contribution in [2.24, 2.45) is 0 Å². The number of halogens is 1. The van der Waals surface area contributed by atoms with Crippen molar-refractivity contribution in [3.63, 3.8) is 0 Å². The molecule has 8 heteroatoms. The lowest BCUT2D eigenvalue weighted by molar-refractivity contribution is -0.384. The van der Waals surface area contributed by atoms with Crippen molar-refractivity contribution in [3.8, 4) is 5.69 Å². The molecule has 0 saturated heterocycles. The Kier molecular flexibility index (Phi) is 2.87. The smallest absolute Gasteiger partial charge is 0.406 e. The second-order valence-corrected chi connectivity index (χ2v) is 4.87. The number of hydrogen-bond donors (Lipinski definition) is 0. The molecule has 2 aromatic heterocycles. The van der Waals surface area contributed by atoms with Crippen molar-refractivity contribution in [1.82, 2.24) is 9.55 Å². The van der Waals surface area contributed by atoms with Gasteiger partial charge in [-0.3, -0.25) is 10.1 Å². The van der Waals surface area contributed by atoms with Gasteiger partial charge in [-0.25, -0.2) is 14.3 Å². The first kappa shape index (κ1) is 12.5. The van der Waals surface area contributed by atoms with Crippen LogP contribution in [-0.4, -0.2) is 14.5 Å². The van der Waals surface area contributed by atoms with Gasteiger partial charge in [-0.15, -0.1) is 0 Å². The molecule has 0 radical (unpaired) electrons. The fourth-order valence-electron chi connectivity index (χ4n) is 1.86. The zero-order chi connectivity index (χ0) is 14.3. The average Bonchev–Trinajstić information content (AvgIpc) is 2.73. The van der Waals surface area contributed by atoms with Gasteiger partial charge in [-0.05, 0) is 22.0 Å².